The van der Waals surface area contributed by atoms with Crippen LogP contribution in [0.4, 0.5) is 0 Å². The van der Waals surface area contributed by atoms with Gasteiger partial charge < -0.3 is 20.1 Å². The highest BCUT2D eigenvalue weighted by molar-refractivity contribution is 14.0. The predicted octanol–water partition coefficient (Wildman–Crippen LogP) is 3.59. The van der Waals surface area contributed by atoms with Crippen molar-refractivity contribution in [1.82, 2.24) is 20.7 Å². The molecule has 0 spiro atoms. The van der Waals surface area contributed by atoms with E-state index in [-0.39, 0.29) is 24.0 Å². The lowest BCUT2D eigenvalue weighted by atomic mass is 9.99. The normalized spacial score (nSPS) is 15.9. The second-order valence-corrected chi connectivity index (χ2v) is 7.18. The van der Waals surface area contributed by atoms with E-state index in [2.05, 4.69) is 66.6 Å². The Morgan fingerprint density at radius 1 is 1.27 bits per heavy atom. The Bertz CT molecular complexity index is 536. The van der Waals surface area contributed by atoms with E-state index in [0.717, 1.165) is 49.3 Å². The summed E-state index contributed by atoms with van der Waals surface area (Å²) < 4.78 is 5.47. The SMILES string of the molecule is CCNC(=NCc1cc(C(CC)CC)no1)NCC(C1CC1)N(C)C.I. The van der Waals surface area contributed by atoms with Gasteiger partial charge in [-0.1, -0.05) is 19.0 Å². The van der Waals surface area contributed by atoms with Crippen molar-refractivity contribution in [3.05, 3.63) is 17.5 Å². The fourth-order valence-corrected chi connectivity index (χ4v) is 3.25. The van der Waals surface area contributed by atoms with Crippen LogP contribution in [0, 0.1) is 5.92 Å². The molecule has 26 heavy (non-hydrogen) atoms. The van der Waals surface area contributed by atoms with Crippen LogP contribution in [0.3, 0.4) is 0 Å². The summed E-state index contributed by atoms with van der Waals surface area (Å²) in [5.41, 5.74) is 1.05. The number of aliphatic imine (C=N–C) groups is 1. The Kier molecular flexibility index (Phi) is 10.5. The first-order chi connectivity index (χ1) is 12.1. The van der Waals surface area contributed by atoms with Crippen LogP contribution in [0.2, 0.25) is 0 Å². The van der Waals surface area contributed by atoms with E-state index in [1.807, 2.05) is 0 Å². The topological polar surface area (TPSA) is 65.7 Å². The molecule has 0 aromatic carbocycles. The van der Waals surface area contributed by atoms with E-state index >= 15 is 0 Å². The molecule has 2 rings (SSSR count). The lowest BCUT2D eigenvalue weighted by Gasteiger charge is -2.25. The molecule has 0 amide bonds. The molecule has 0 aliphatic heterocycles. The molecule has 1 saturated carbocycles. The summed E-state index contributed by atoms with van der Waals surface area (Å²) in [5.74, 6) is 2.97. The lowest BCUT2D eigenvalue weighted by molar-refractivity contribution is 0.264. The molecule has 1 atom stereocenters. The zero-order valence-corrected chi connectivity index (χ0v) is 19.2. The van der Waals surface area contributed by atoms with Gasteiger partial charge >= 0.3 is 0 Å². The van der Waals surface area contributed by atoms with E-state index in [9.17, 15) is 0 Å². The third-order valence-corrected chi connectivity index (χ3v) is 5.03. The van der Waals surface area contributed by atoms with E-state index in [0.29, 0.717) is 18.5 Å². The molecule has 0 saturated heterocycles. The average molecular weight is 477 g/mol. The Morgan fingerprint density at radius 3 is 2.50 bits per heavy atom. The Morgan fingerprint density at radius 2 is 1.96 bits per heavy atom. The second-order valence-electron chi connectivity index (χ2n) is 7.18. The standard InChI is InChI=1S/C19H35N5O.HI/c1-6-14(7-2)17-11-16(25-23-17)12-21-19(20-8-3)22-13-18(24(4)5)15-9-10-15;/h11,14-15,18H,6-10,12-13H2,1-5H3,(H2,20,21,22);1H. The third-order valence-electron chi connectivity index (χ3n) is 5.03. The largest absolute Gasteiger partial charge is 0.359 e. The first-order valence-electron chi connectivity index (χ1n) is 9.73. The van der Waals surface area contributed by atoms with Crippen LogP contribution in [0.5, 0.6) is 0 Å². The van der Waals surface area contributed by atoms with Crippen molar-refractivity contribution >= 4 is 29.9 Å². The average Bonchev–Trinajstić information content (AvgIpc) is 3.32. The van der Waals surface area contributed by atoms with Crippen LogP contribution < -0.4 is 10.6 Å². The Balaban J connectivity index is 0.00000338. The summed E-state index contributed by atoms with van der Waals surface area (Å²) in [6, 6.07) is 2.62. The summed E-state index contributed by atoms with van der Waals surface area (Å²) in [6.07, 6.45) is 4.86. The summed E-state index contributed by atoms with van der Waals surface area (Å²) in [7, 11) is 4.31. The molecule has 1 aromatic heterocycles. The highest BCUT2D eigenvalue weighted by atomic mass is 127. The minimum Gasteiger partial charge on any atom is -0.359 e. The summed E-state index contributed by atoms with van der Waals surface area (Å²) in [5, 5.41) is 11.0. The molecule has 1 unspecified atom stereocenters. The quantitative estimate of drug-likeness (QED) is 0.306. The number of likely N-dealkylation sites (N-methyl/N-ethyl adjacent to an activating group) is 1. The van der Waals surface area contributed by atoms with Gasteiger partial charge in [0.05, 0.1) is 5.69 Å². The van der Waals surface area contributed by atoms with Gasteiger partial charge in [0.25, 0.3) is 0 Å². The van der Waals surface area contributed by atoms with Crippen LogP contribution in [-0.2, 0) is 6.54 Å². The van der Waals surface area contributed by atoms with Crippen molar-refractivity contribution < 1.29 is 4.52 Å². The van der Waals surface area contributed by atoms with Crippen LogP contribution in [0.1, 0.15) is 63.8 Å². The zero-order chi connectivity index (χ0) is 18.2. The molecule has 6 nitrogen and oxygen atoms in total. The van der Waals surface area contributed by atoms with Gasteiger partial charge in [0, 0.05) is 31.1 Å². The number of rotatable bonds is 10. The maximum Gasteiger partial charge on any atom is 0.191 e. The molecule has 1 aromatic rings. The van der Waals surface area contributed by atoms with E-state index in [1.54, 1.807) is 0 Å². The minimum absolute atomic E-state index is 0. The molecule has 1 fully saturated rings. The number of guanidine groups is 1. The summed E-state index contributed by atoms with van der Waals surface area (Å²) in [4.78, 5) is 6.97. The second kappa shape index (κ2) is 11.8. The third kappa shape index (κ3) is 7.06. The molecule has 7 heteroatoms. The van der Waals surface area contributed by atoms with Crippen molar-refractivity contribution in [3.8, 4) is 0 Å². The number of halogens is 1. The zero-order valence-electron chi connectivity index (χ0n) is 16.9. The van der Waals surface area contributed by atoms with Crippen molar-refractivity contribution in [1.29, 1.82) is 0 Å². The van der Waals surface area contributed by atoms with Gasteiger partial charge in [-0.2, -0.15) is 0 Å². The molecule has 0 bridgehead atoms. The first kappa shape index (κ1) is 23.2. The number of aromatic nitrogens is 1. The highest BCUT2D eigenvalue weighted by Crippen LogP contribution is 2.34. The number of nitrogens with one attached hydrogen (secondary N) is 2. The molecule has 2 N–H and O–H groups in total. The van der Waals surface area contributed by atoms with Gasteiger partial charge in [0.1, 0.15) is 6.54 Å². The van der Waals surface area contributed by atoms with Gasteiger partial charge in [-0.05, 0) is 52.6 Å². The Hall–Kier alpha value is -0.830. The van der Waals surface area contributed by atoms with E-state index in [4.69, 9.17) is 4.52 Å². The number of hydrogen-bond donors (Lipinski definition) is 2. The summed E-state index contributed by atoms with van der Waals surface area (Å²) in [6.45, 7) is 8.74. The van der Waals surface area contributed by atoms with Crippen LogP contribution in [-0.4, -0.2) is 49.2 Å². The maximum absolute atomic E-state index is 5.47. The number of hydrogen-bond acceptors (Lipinski definition) is 4. The molecular weight excluding hydrogens is 441 g/mol. The van der Waals surface area contributed by atoms with Crippen molar-refractivity contribution in [2.45, 2.75) is 65.0 Å². The van der Waals surface area contributed by atoms with Crippen molar-refractivity contribution in [2.75, 3.05) is 27.2 Å². The summed E-state index contributed by atoms with van der Waals surface area (Å²) >= 11 is 0. The fraction of sp³-hybridized carbons (Fsp3) is 0.789. The molecule has 0 radical (unpaired) electrons. The van der Waals surface area contributed by atoms with Gasteiger partial charge in [-0.3, -0.25) is 0 Å². The highest BCUT2D eigenvalue weighted by Gasteiger charge is 2.32. The van der Waals surface area contributed by atoms with Gasteiger partial charge in [-0.15, -0.1) is 24.0 Å². The van der Waals surface area contributed by atoms with Crippen molar-refractivity contribution in [2.24, 2.45) is 10.9 Å². The number of nitrogens with zero attached hydrogens (tertiary/aromatic N) is 3. The lowest BCUT2D eigenvalue weighted by Crippen LogP contribution is -2.46. The van der Waals surface area contributed by atoms with Crippen molar-refractivity contribution in [3.63, 3.8) is 0 Å². The van der Waals surface area contributed by atoms with Gasteiger partial charge in [0.2, 0.25) is 0 Å². The first-order valence-corrected chi connectivity index (χ1v) is 9.73. The van der Waals surface area contributed by atoms with E-state index in [1.165, 1.54) is 12.8 Å². The molecule has 1 aliphatic rings. The minimum atomic E-state index is 0. The maximum atomic E-state index is 5.47. The molecule has 1 aliphatic carbocycles. The monoisotopic (exact) mass is 477 g/mol. The fourth-order valence-electron chi connectivity index (χ4n) is 3.25. The molecular formula is C19H36IN5O. The van der Waals surface area contributed by atoms with E-state index < -0.39 is 0 Å². The van der Waals surface area contributed by atoms with Crippen LogP contribution in [0.25, 0.3) is 0 Å². The Labute approximate surface area is 175 Å². The van der Waals surface area contributed by atoms with Gasteiger partial charge in [-0.25, -0.2) is 4.99 Å². The molecule has 1 heterocycles. The van der Waals surface area contributed by atoms with Crippen LogP contribution >= 0.6 is 24.0 Å². The predicted molar refractivity (Wildman–Crippen MR) is 118 cm³/mol. The molecule has 150 valence electrons. The smallest absolute Gasteiger partial charge is 0.191 e. The van der Waals surface area contributed by atoms with Crippen LogP contribution in [0.15, 0.2) is 15.6 Å². The van der Waals surface area contributed by atoms with Gasteiger partial charge in [0.15, 0.2) is 11.7 Å².